The molecule has 1 aliphatic heterocycles. The topological polar surface area (TPSA) is 47.4 Å². The molecule has 0 unspecified atom stereocenters. The Kier molecular flexibility index (Phi) is 5.41. The van der Waals surface area contributed by atoms with Gasteiger partial charge >= 0.3 is 0 Å². The van der Waals surface area contributed by atoms with Crippen molar-refractivity contribution >= 4 is 5.91 Å². The number of aryl methyl sites for hydroxylation is 1. The summed E-state index contributed by atoms with van der Waals surface area (Å²) in [5.41, 5.74) is 3.72. The first-order chi connectivity index (χ1) is 12.2. The molecule has 0 atom stereocenters. The Hall–Kier alpha value is -2.30. The number of ether oxygens (including phenoxy) is 1. The van der Waals surface area contributed by atoms with Crippen molar-refractivity contribution in [2.24, 2.45) is 0 Å². The number of carbonyl (C=O) groups excluding carboxylic acids is 1. The Morgan fingerprint density at radius 1 is 1.16 bits per heavy atom. The van der Waals surface area contributed by atoms with E-state index < -0.39 is 0 Å². The zero-order valence-corrected chi connectivity index (χ0v) is 15.4. The normalized spacial score (nSPS) is 14.1. The Bertz CT molecular complexity index is 728. The maximum atomic E-state index is 13.1. The summed E-state index contributed by atoms with van der Waals surface area (Å²) in [6, 6.07) is 7.84. The van der Waals surface area contributed by atoms with Crippen molar-refractivity contribution in [2.45, 2.75) is 46.0 Å². The van der Waals surface area contributed by atoms with Gasteiger partial charge in [0.25, 0.3) is 5.91 Å². The van der Waals surface area contributed by atoms with E-state index in [4.69, 9.17) is 9.84 Å². The lowest BCUT2D eigenvalue weighted by atomic mass is 10.1. The summed E-state index contributed by atoms with van der Waals surface area (Å²) in [6.45, 7) is 5.94. The van der Waals surface area contributed by atoms with Gasteiger partial charge in [0.05, 0.1) is 29.7 Å². The number of nitrogens with zero attached hydrogens (tertiary/aromatic N) is 3. The van der Waals surface area contributed by atoms with Gasteiger partial charge in [-0.2, -0.15) is 5.10 Å². The van der Waals surface area contributed by atoms with Gasteiger partial charge in [-0.05, 0) is 49.9 Å². The van der Waals surface area contributed by atoms with Crippen LogP contribution in [0.1, 0.15) is 54.9 Å². The number of methoxy groups -OCH3 is 1. The minimum absolute atomic E-state index is 0.151. The van der Waals surface area contributed by atoms with E-state index in [-0.39, 0.29) is 5.91 Å². The SMILES string of the molecule is CCCc1nn(-c2ccc(OC)cc2)c(CC)c1C(=O)N1CCCC1. The van der Waals surface area contributed by atoms with Crippen LogP contribution in [-0.4, -0.2) is 40.8 Å². The van der Waals surface area contributed by atoms with Crippen LogP contribution < -0.4 is 4.74 Å². The van der Waals surface area contributed by atoms with Gasteiger partial charge in [-0.1, -0.05) is 20.3 Å². The van der Waals surface area contributed by atoms with Gasteiger partial charge in [0.15, 0.2) is 0 Å². The van der Waals surface area contributed by atoms with Gasteiger partial charge < -0.3 is 9.64 Å². The molecule has 0 spiro atoms. The van der Waals surface area contributed by atoms with Crippen LogP contribution >= 0.6 is 0 Å². The summed E-state index contributed by atoms with van der Waals surface area (Å²) in [5.74, 6) is 0.966. The highest BCUT2D eigenvalue weighted by Gasteiger charge is 2.28. The Morgan fingerprint density at radius 2 is 1.84 bits per heavy atom. The number of rotatable bonds is 6. The lowest BCUT2D eigenvalue weighted by Crippen LogP contribution is -2.29. The summed E-state index contributed by atoms with van der Waals surface area (Å²) in [7, 11) is 1.66. The van der Waals surface area contributed by atoms with Gasteiger partial charge in [-0.3, -0.25) is 4.79 Å². The maximum Gasteiger partial charge on any atom is 0.257 e. The van der Waals surface area contributed by atoms with Gasteiger partial charge in [0.1, 0.15) is 5.75 Å². The molecule has 1 aromatic heterocycles. The lowest BCUT2D eigenvalue weighted by Gasteiger charge is -2.16. The predicted octanol–water partition coefficient (Wildman–Crippen LogP) is 3.63. The van der Waals surface area contributed by atoms with Crippen LogP contribution in [0.2, 0.25) is 0 Å². The number of carbonyl (C=O) groups is 1. The van der Waals surface area contributed by atoms with Crippen molar-refractivity contribution in [1.82, 2.24) is 14.7 Å². The first-order valence-corrected chi connectivity index (χ1v) is 9.24. The van der Waals surface area contributed by atoms with Gasteiger partial charge in [-0.15, -0.1) is 0 Å². The minimum Gasteiger partial charge on any atom is -0.497 e. The average molecular weight is 341 g/mol. The van der Waals surface area contributed by atoms with E-state index in [0.717, 1.165) is 73.6 Å². The molecule has 1 aromatic carbocycles. The Balaban J connectivity index is 2.06. The summed E-state index contributed by atoms with van der Waals surface area (Å²) in [6.07, 6.45) is 4.78. The number of aromatic nitrogens is 2. The molecule has 0 radical (unpaired) electrons. The second kappa shape index (κ2) is 7.72. The molecule has 1 amide bonds. The van der Waals surface area contributed by atoms with E-state index >= 15 is 0 Å². The zero-order chi connectivity index (χ0) is 17.8. The monoisotopic (exact) mass is 341 g/mol. The quantitative estimate of drug-likeness (QED) is 0.806. The van der Waals surface area contributed by atoms with Gasteiger partial charge in [-0.25, -0.2) is 4.68 Å². The molecule has 3 rings (SSSR count). The summed E-state index contributed by atoms with van der Waals surface area (Å²) < 4.78 is 7.18. The summed E-state index contributed by atoms with van der Waals surface area (Å²) >= 11 is 0. The van der Waals surface area contributed by atoms with Crippen molar-refractivity contribution in [1.29, 1.82) is 0 Å². The van der Waals surface area contributed by atoms with E-state index in [1.165, 1.54) is 0 Å². The fourth-order valence-corrected chi connectivity index (χ4v) is 3.50. The number of hydrogen-bond donors (Lipinski definition) is 0. The minimum atomic E-state index is 0.151. The third kappa shape index (κ3) is 3.41. The van der Waals surface area contributed by atoms with Crippen molar-refractivity contribution in [3.8, 4) is 11.4 Å². The molecule has 134 valence electrons. The fourth-order valence-electron chi connectivity index (χ4n) is 3.50. The van der Waals surface area contributed by atoms with Crippen LogP contribution in [0.15, 0.2) is 24.3 Å². The maximum absolute atomic E-state index is 13.1. The molecule has 0 bridgehead atoms. The summed E-state index contributed by atoms with van der Waals surface area (Å²) in [4.78, 5) is 15.1. The second-order valence-electron chi connectivity index (χ2n) is 6.48. The van der Waals surface area contributed by atoms with Crippen molar-refractivity contribution in [2.75, 3.05) is 20.2 Å². The predicted molar refractivity (Wildman–Crippen MR) is 98.6 cm³/mol. The largest absolute Gasteiger partial charge is 0.497 e. The van der Waals surface area contributed by atoms with Crippen molar-refractivity contribution in [3.63, 3.8) is 0 Å². The van der Waals surface area contributed by atoms with E-state index in [0.29, 0.717) is 0 Å². The molecule has 0 saturated carbocycles. The molecule has 5 nitrogen and oxygen atoms in total. The Labute approximate surface area is 149 Å². The molecule has 2 heterocycles. The van der Waals surface area contributed by atoms with Crippen molar-refractivity contribution < 1.29 is 9.53 Å². The second-order valence-corrected chi connectivity index (χ2v) is 6.48. The summed E-state index contributed by atoms with van der Waals surface area (Å²) in [5, 5.41) is 4.82. The molecule has 1 fully saturated rings. The smallest absolute Gasteiger partial charge is 0.257 e. The number of hydrogen-bond acceptors (Lipinski definition) is 3. The number of likely N-dealkylation sites (tertiary alicyclic amines) is 1. The van der Waals surface area contributed by atoms with E-state index in [1.807, 2.05) is 33.8 Å². The molecule has 25 heavy (non-hydrogen) atoms. The van der Waals surface area contributed by atoms with E-state index in [1.54, 1.807) is 7.11 Å². The van der Waals surface area contributed by atoms with Crippen LogP contribution in [0.25, 0.3) is 5.69 Å². The Morgan fingerprint density at radius 3 is 2.40 bits per heavy atom. The van der Waals surface area contributed by atoms with Gasteiger partial charge in [0, 0.05) is 13.1 Å². The number of amides is 1. The fraction of sp³-hybridized carbons (Fsp3) is 0.500. The van der Waals surface area contributed by atoms with Crippen LogP contribution in [0, 0.1) is 0 Å². The highest BCUT2D eigenvalue weighted by molar-refractivity contribution is 5.97. The standard InChI is InChI=1S/C20H27N3O2/c1-4-8-17-19(20(24)22-13-6-7-14-22)18(5-2)23(21-17)15-9-11-16(25-3)12-10-15/h9-12H,4-8,13-14H2,1-3H3. The van der Waals surface area contributed by atoms with Crippen LogP contribution in [0.3, 0.4) is 0 Å². The number of benzene rings is 1. The first kappa shape index (κ1) is 17.5. The molecule has 0 N–H and O–H groups in total. The molecule has 2 aromatic rings. The van der Waals surface area contributed by atoms with Crippen LogP contribution in [0.4, 0.5) is 0 Å². The van der Waals surface area contributed by atoms with E-state index in [2.05, 4.69) is 13.8 Å². The average Bonchev–Trinajstić information content (AvgIpc) is 3.29. The molecule has 1 aliphatic rings. The molecular weight excluding hydrogens is 314 g/mol. The lowest BCUT2D eigenvalue weighted by molar-refractivity contribution is 0.0790. The highest BCUT2D eigenvalue weighted by atomic mass is 16.5. The van der Waals surface area contributed by atoms with Crippen LogP contribution in [0.5, 0.6) is 5.75 Å². The third-order valence-electron chi connectivity index (χ3n) is 4.80. The third-order valence-corrected chi connectivity index (χ3v) is 4.80. The van der Waals surface area contributed by atoms with E-state index in [9.17, 15) is 4.79 Å². The highest BCUT2D eigenvalue weighted by Crippen LogP contribution is 2.25. The van der Waals surface area contributed by atoms with Crippen molar-refractivity contribution in [3.05, 3.63) is 41.2 Å². The molecule has 1 saturated heterocycles. The molecule has 5 heteroatoms. The first-order valence-electron chi connectivity index (χ1n) is 9.24. The zero-order valence-electron chi connectivity index (χ0n) is 15.4. The molecular formula is C20H27N3O2. The molecule has 0 aliphatic carbocycles. The van der Waals surface area contributed by atoms with Crippen LogP contribution in [-0.2, 0) is 12.8 Å². The van der Waals surface area contributed by atoms with Gasteiger partial charge in [0.2, 0.25) is 0 Å².